The molecular formula is C74H71NO18. The van der Waals surface area contributed by atoms with Crippen molar-refractivity contribution in [1.29, 1.82) is 0 Å². The molecule has 0 fully saturated rings. The van der Waals surface area contributed by atoms with Crippen molar-refractivity contribution in [3.63, 3.8) is 0 Å². The smallest absolute Gasteiger partial charge is 0.343 e. The number of benzene rings is 7. The van der Waals surface area contributed by atoms with Gasteiger partial charge in [-0.3, -0.25) is 0 Å². The minimum absolute atomic E-state index is 0.112. The van der Waals surface area contributed by atoms with Gasteiger partial charge in [-0.15, -0.1) is 0 Å². The van der Waals surface area contributed by atoms with Crippen LogP contribution in [0.1, 0.15) is 118 Å². The number of pyridine rings is 1. The molecule has 93 heavy (non-hydrogen) atoms. The second-order valence-corrected chi connectivity index (χ2v) is 20.9. The third-order valence-electron chi connectivity index (χ3n) is 14.1. The summed E-state index contributed by atoms with van der Waals surface area (Å²) in [6, 6.07) is 42.1. The van der Waals surface area contributed by atoms with E-state index in [1.807, 2.05) is 0 Å². The molecule has 7 aromatic carbocycles. The van der Waals surface area contributed by atoms with Crippen molar-refractivity contribution in [2.75, 3.05) is 39.6 Å². The van der Waals surface area contributed by atoms with Gasteiger partial charge in [0.05, 0.1) is 67.4 Å². The van der Waals surface area contributed by atoms with E-state index in [-0.39, 0.29) is 39.6 Å². The fraction of sp³-hybridized carbons (Fsp3) is 0.243. The summed E-state index contributed by atoms with van der Waals surface area (Å²) in [5.41, 5.74) is 1.15. The Balaban J connectivity index is 0.885. The summed E-state index contributed by atoms with van der Waals surface area (Å²) in [6.45, 7) is 12.7. The summed E-state index contributed by atoms with van der Waals surface area (Å²) in [4.78, 5) is 92.3. The van der Waals surface area contributed by atoms with Gasteiger partial charge in [0, 0.05) is 29.0 Å². The lowest BCUT2D eigenvalue weighted by Gasteiger charge is -2.14. The second-order valence-electron chi connectivity index (χ2n) is 20.9. The van der Waals surface area contributed by atoms with E-state index in [2.05, 4.69) is 19.7 Å². The predicted octanol–water partition coefficient (Wildman–Crippen LogP) is 15.1. The fourth-order valence-electron chi connectivity index (χ4n) is 9.15. The van der Waals surface area contributed by atoms with Gasteiger partial charge in [0.2, 0.25) is 5.88 Å². The lowest BCUT2D eigenvalue weighted by atomic mass is 10.0. The van der Waals surface area contributed by atoms with Crippen molar-refractivity contribution < 1.29 is 85.7 Å². The summed E-state index contributed by atoms with van der Waals surface area (Å²) in [5, 5.41) is 1.72. The molecule has 0 unspecified atom stereocenters. The SMILES string of the molecule is C=CC(=O)OCCCCCCOc1ccc(OC(=O)c2ccc(OC(=O)c3ccc4c(c3)nc(Oc3ccc(OCCCCCCOC(=O)C=C)cc3)c3cc(C(=O)Oc5ccc(C(=O)Oc6ccc(OCCCCCCOC(=O)C=C)cc6)cc5)ccc34)cc2)cc1. The van der Waals surface area contributed by atoms with E-state index in [0.717, 1.165) is 95.3 Å². The van der Waals surface area contributed by atoms with Gasteiger partial charge in [0.25, 0.3) is 0 Å². The van der Waals surface area contributed by atoms with Gasteiger partial charge >= 0.3 is 41.8 Å². The third kappa shape index (κ3) is 21.8. The number of fused-ring (bicyclic) bond motifs is 3. The normalized spacial score (nSPS) is 10.7. The van der Waals surface area contributed by atoms with Gasteiger partial charge < -0.3 is 52.1 Å². The number of aromatic nitrogens is 1. The zero-order valence-electron chi connectivity index (χ0n) is 51.4. The molecule has 1 heterocycles. The second kappa shape index (κ2) is 35.9. The molecule has 8 aromatic rings. The van der Waals surface area contributed by atoms with Crippen molar-refractivity contribution in [3.05, 3.63) is 218 Å². The van der Waals surface area contributed by atoms with E-state index in [4.69, 9.17) is 57.1 Å². The van der Waals surface area contributed by atoms with E-state index in [1.54, 1.807) is 109 Å². The monoisotopic (exact) mass is 1260 g/mol. The van der Waals surface area contributed by atoms with Crippen LogP contribution >= 0.6 is 0 Å². The van der Waals surface area contributed by atoms with Crippen LogP contribution in [0.3, 0.4) is 0 Å². The Morgan fingerprint density at radius 1 is 0.301 bits per heavy atom. The maximum Gasteiger partial charge on any atom is 0.343 e. The van der Waals surface area contributed by atoms with E-state index in [1.165, 1.54) is 48.5 Å². The van der Waals surface area contributed by atoms with Gasteiger partial charge in [-0.25, -0.2) is 38.5 Å². The Morgan fingerprint density at radius 3 is 0.957 bits per heavy atom. The van der Waals surface area contributed by atoms with Gasteiger partial charge in [0.1, 0.15) is 46.0 Å². The molecule has 0 atom stereocenters. The summed E-state index contributed by atoms with van der Waals surface area (Å²) in [5.74, 6) is -0.601. The number of unbranched alkanes of at least 4 members (excludes halogenated alkanes) is 9. The first kappa shape index (κ1) is 67.8. The van der Waals surface area contributed by atoms with Gasteiger partial charge in [0.15, 0.2) is 0 Å². The first-order chi connectivity index (χ1) is 45.3. The molecule has 0 saturated heterocycles. The molecule has 0 radical (unpaired) electrons. The van der Waals surface area contributed by atoms with Gasteiger partial charge in [-0.1, -0.05) is 31.9 Å². The molecule has 1 aromatic heterocycles. The molecule has 0 spiro atoms. The molecule has 0 aliphatic carbocycles. The van der Waals surface area contributed by atoms with Crippen molar-refractivity contribution in [3.8, 4) is 51.9 Å². The van der Waals surface area contributed by atoms with Crippen LogP contribution in [0.15, 0.2) is 196 Å². The van der Waals surface area contributed by atoms with Crippen LogP contribution in [0.2, 0.25) is 0 Å². The van der Waals surface area contributed by atoms with Crippen molar-refractivity contribution in [2.45, 2.75) is 77.0 Å². The van der Waals surface area contributed by atoms with E-state index >= 15 is 0 Å². The summed E-state index contributed by atoms with van der Waals surface area (Å²) in [6.07, 6.45) is 13.5. The van der Waals surface area contributed by atoms with E-state index < -0.39 is 41.8 Å². The lowest BCUT2D eigenvalue weighted by molar-refractivity contribution is -0.138. The lowest BCUT2D eigenvalue weighted by Crippen LogP contribution is -2.11. The maximum absolute atomic E-state index is 13.8. The quantitative estimate of drug-likeness (QED) is 0.00879. The van der Waals surface area contributed by atoms with Crippen molar-refractivity contribution in [2.24, 2.45) is 0 Å². The molecular weight excluding hydrogens is 1190 g/mol. The summed E-state index contributed by atoms with van der Waals surface area (Å²) >= 11 is 0. The standard InChI is InChI=1S/C74H71NO18/c1-4-67(76)86-46-16-10-7-13-43-83-55-29-35-58(36-30-55)89-70-65-49-53(73(81)92-59-25-19-51(20-26-59)71(79)90-61-37-31-56(32-38-61)84-44-14-8-11-17-47-87-68(77)5-2)23-41-63(65)64-42-24-54(50-66(64)75-70)74(82)93-60-27-21-52(22-28-60)72(80)91-62-39-33-57(34-40-62)85-45-15-9-12-18-48-88-69(78)6-3/h4-6,19-42,49-50H,1-3,7-18,43-48H2. The number of esters is 7. The highest BCUT2D eigenvalue weighted by Gasteiger charge is 2.20. The minimum atomic E-state index is -0.702. The zero-order valence-corrected chi connectivity index (χ0v) is 51.4. The van der Waals surface area contributed by atoms with Crippen molar-refractivity contribution in [1.82, 2.24) is 4.98 Å². The van der Waals surface area contributed by atoms with Crippen LogP contribution in [0, 0.1) is 0 Å². The third-order valence-corrected chi connectivity index (χ3v) is 14.1. The van der Waals surface area contributed by atoms with Crippen LogP contribution in [-0.2, 0) is 28.6 Å². The molecule has 19 nitrogen and oxygen atoms in total. The first-order valence-electron chi connectivity index (χ1n) is 30.5. The number of nitrogens with zero attached hydrogens (tertiary/aromatic N) is 1. The Bertz CT molecular complexity index is 3860. The number of ether oxygens (including phenoxy) is 11. The fourth-order valence-corrected chi connectivity index (χ4v) is 9.15. The molecule has 8 rings (SSSR count). The molecule has 0 aliphatic heterocycles. The van der Waals surface area contributed by atoms with E-state index in [0.29, 0.717) is 95.8 Å². The Morgan fingerprint density at radius 2 is 0.591 bits per heavy atom. The number of rotatable bonds is 37. The van der Waals surface area contributed by atoms with Crippen LogP contribution in [0.4, 0.5) is 0 Å². The summed E-state index contributed by atoms with van der Waals surface area (Å²) in [7, 11) is 0. The van der Waals surface area contributed by atoms with Crippen LogP contribution in [0.25, 0.3) is 21.7 Å². The zero-order chi connectivity index (χ0) is 65.6. The molecule has 0 bridgehead atoms. The number of hydrogen-bond donors (Lipinski definition) is 0. The maximum atomic E-state index is 13.8. The highest BCUT2D eigenvalue weighted by atomic mass is 16.6. The van der Waals surface area contributed by atoms with Crippen LogP contribution in [-0.4, -0.2) is 86.4 Å². The molecule has 19 heteroatoms. The average molecular weight is 1260 g/mol. The molecule has 0 amide bonds. The Labute approximate surface area is 538 Å². The average Bonchev–Trinajstić information content (AvgIpc) is 0.797. The Kier molecular flexibility index (Phi) is 26.2. The highest BCUT2D eigenvalue weighted by molar-refractivity contribution is 6.11. The highest BCUT2D eigenvalue weighted by Crippen LogP contribution is 2.36. The first-order valence-corrected chi connectivity index (χ1v) is 30.5. The van der Waals surface area contributed by atoms with Crippen LogP contribution in [0.5, 0.6) is 51.9 Å². The predicted molar refractivity (Wildman–Crippen MR) is 347 cm³/mol. The summed E-state index contributed by atoms with van der Waals surface area (Å²) < 4.78 is 61.8. The minimum Gasteiger partial charge on any atom is -0.494 e. The Hall–Kier alpha value is -11.1. The van der Waals surface area contributed by atoms with Gasteiger partial charge in [-0.2, -0.15) is 0 Å². The molecule has 0 saturated carbocycles. The largest absolute Gasteiger partial charge is 0.494 e. The number of carbonyl (C=O) groups is 7. The molecule has 0 N–H and O–H groups in total. The van der Waals surface area contributed by atoms with Crippen LogP contribution < -0.4 is 37.9 Å². The van der Waals surface area contributed by atoms with Gasteiger partial charge in [-0.05, 0) is 228 Å². The molecule has 0 aliphatic rings. The molecule has 480 valence electrons. The van der Waals surface area contributed by atoms with E-state index in [9.17, 15) is 33.6 Å². The van der Waals surface area contributed by atoms with Crippen molar-refractivity contribution >= 4 is 63.5 Å². The number of carbonyl (C=O) groups excluding carboxylic acids is 7. The topological polar surface area (TPSA) is 234 Å². The number of hydrogen-bond acceptors (Lipinski definition) is 19.